The lowest BCUT2D eigenvalue weighted by Crippen LogP contribution is -2.28. The van der Waals surface area contributed by atoms with Gasteiger partial charge in [-0.05, 0) is 37.5 Å². The molecule has 0 amide bonds. The van der Waals surface area contributed by atoms with Crippen LogP contribution in [0, 0.1) is 11.6 Å². The molecule has 0 aliphatic carbocycles. The predicted molar refractivity (Wildman–Crippen MR) is 77.0 cm³/mol. The molecule has 2 unspecified atom stereocenters. The Balaban J connectivity index is 1.64. The number of aryl methyl sites for hydroxylation is 1. The molecule has 5 heteroatoms. The van der Waals surface area contributed by atoms with Gasteiger partial charge in [0.15, 0.2) is 11.6 Å². The van der Waals surface area contributed by atoms with Crippen LogP contribution < -0.4 is 5.32 Å². The summed E-state index contributed by atoms with van der Waals surface area (Å²) in [7, 11) is 0. The third kappa shape index (κ3) is 2.97. The monoisotopic (exact) mass is 291 g/mol. The van der Waals surface area contributed by atoms with Crippen molar-refractivity contribution in [3.63, 3.8) is 0 Å². The topological polar surface area (TPSA) is 29.9 Å². The van der Waals surface area contributed by atoms with Gasteiger partial charge in [0.05, 0.1) is 0 Å². The molecule has 0 radical (unpaired) electrons. The third-order valence-corrected chi connectivity index (χ3v) is 4.18. The fourth-order valence-electron chi connectivity index (χ4n) is 2.92. The first kappa shape index (κ1) is 14.2. The van der Waals surface area contributed by atoms with Gasteiger partial charge < -0.3 is 9.88 Å². The molecule has 2 atom stereocenters. The molecule has 1 aromatic carbocycles. The first-order valence-electron chi connectivity index (χ1n) is 7.34. The summed E-state index contributed by atoms with van der Waals surface area (Å²) in [6.45, 7) is 3.78. The Morgan fingerprint density at radius 1 is 1.38 bits per heavy atom. The normalized spacial score (nSPS) is 19.3. The predicted octanol–water partition coefficient (Wildman–Crippen LogP) is 3.39. The maximum absolute atomic E-state index is 13.3. The molecule has 1 aliphatic rings. The number of nitrogens with zero attached hydrogens (tertiary/aromatic N) is 2. The van der Waals surface area contributed by atoms with Crippen LogP contribution in [0.4, 0.5) is 8.78 Å². The Morgan fingerprint density at radius 2 is 2.24 bits per heavy atom. The molecule has 0 bridgehead atoms. The Labute approximate surface area is 123 Å². The van der Waals surface area contributed by atoms with Crippen molar-refractivity contribution in [3.05, 3.63) is 53.6 Å². The number of benzene rings is 1. The van der Waals surface area contributed by atoms with Gasteiger partial charge in [0.25, 0.3) is 0 Å². The highest BCUT2D eigenvalue weighted by molar-refractivity contribution is 5.21. The number of halogens is 2. The quantitative estimate of drug-likeness (QED) is 0.935. The van der Waals surface area contributed by atoms with E-state index in [-0.39, 0.29) is 6.04 Å². The zero-order chi connectivity index (χ0) is 14.8. The van der Waals surface area contributed by atoms with Crippen molar-refractivity contribution in [3.8, 4) is 0 Å². The van der Waals surface area contributed by atoms with Gasteiger partial charge in [0.1, 0.15) is 5.82 Å². The Hall–Kier alpha value is -1.75. The molecule has 0 saturated carbocycles. The van der Waals surface area contributed by atoms with Crippen LogP contribution in [0.3, 0.4) is 0 Å². The average Bonchev–Trinajstić information content (AvgIpc) is 2.96. The van der Waals surface area contributed by atoms with Crippen LogP contribution in [-0.4, -0.2) is 16.1 Å². The van der Waals surface area contributed by atoms with Gasteiger partial charge in [0, 0.05) is 37.4 Å². The van der Waals surface area contributed by atoms with Gasteiger partial charge in [-0.3, -0.25) is 0 Å². The summed E-state index contributed by atoms with van der Waals surface area (Å²) in [5.41, 5.74) is 0.757. The van der Waals surface area contributed by atoms with Crippen LogP contribution in [0.25, 0.3) is 0 Å². The summed E-state index contributed by atoms with van der Waals surface area (Å²) in [5, 5.41) is 3.40. The Morgan fingerprint density at radius 3 is 3.05 bits per heavy atom. The lowest BCUT2D eigenvalue weighted by atomic mass is 9.98. The standard InChI is InChI=1S/C16H19F2N3/c1-11(12-4-5-14(17)15(18)9-12)20-10-13-3-2-7-21-8-6-19-16(13)21/h4-6,8-9,11,13,20H,2-3,7,10H2,1H3. The highest BCUT2D eigenvalue weighted by Gasteiger charge is 2.21. The van der Waals surface area contributed by atoms with Crippen molar-refractivity contribution in [1.29, 1.82) is 0 Å². The van der Waals surface area contributed by atoms with Gasteiger partial charge in [0.2, 0.25) is 0 Å². The smallest absolute Gasteiger partial charge is 0.159 e. The van der Waals surface area contributed by atoms with Gasteiger partial charge in [-0.2, -0.15) is 0 Å². The van der Waals surface area contributed by atoms with Gasteiger partial charge in [-0.25, -0.2) is 13.8 Å². The fourth-order valence-corrected chi connectivity index (χ4v) is 2.92. The first-order valence-corrected chi connectivity index (χ1v) is 7.34. The number of imidazole rings is 1. The molecule has 0 spiro atoms. The maximum atomic E-state index is 13.3. The van der Waals surface area contributed by atoms with Crippen LogP contribution in [0.1, 0.15) is 43.1 Å². The second-order valence-corrected chi connectivity index (χ2v) is 5.62. The van der Waals surface area contributed by atoms with E-state index in [1.807, 2.05) is 19.3 Å². The SMILES string of the molecule is CC(NCC1CCCn2ccnc21)c1ccc(F)c(F)c1. The number of hydrogen-bond acceptors (Lipinski definition) is 2. The van der Waals surface area contributed by atoms with Crippen molar-refractivity contribution in [2.75, 3.05) is 6.54 Å². The van der Waals surface area contributed by atoms with E-state index < -0.39 is 11.6 Å². The van der Waals surface area contributed by atoms with Gasteiger partial charge >= 0.3 is 0 Å². The van der Waals surface area contributed by atoms with Crippen LogP contribution in [-0.2, 0) is 6.54 Å². The summed E-state index contributed by atoms with van der Waals surface area (Å²) in [6, 6.07) is 4.04. The van der Waals surface area contributed by atoms with E-state index in [4.69, 9.17) is 0 Å². The number of aromatic nitrogens is 2. The van der Waals surface area contributed by atoms with Crippen LogP contribution in [0.2, 0.25) is 0 Å². The number of fused-ring (bicyclic) bond motifs is 1. The summed E-state index contributed by atoms with van der Waals surface area (Å²) < 4.78 is 28.4. The highest BCUT2D eigenvalue weighted by atomic mass is 19.2. The molecule has 21 heavy (non-hydrogen) atoms. The van der Waals surface area contributed by atoms with E-state index in [2.05, 4.69) is 14.9 Å². The summed E-state index contributed by atoms with van der Waals surface area (Å²) >= 11 is 0. The van der Waals surface area contributed by atoms with E-state index in [0.29, 0.717) is 5.92 Å². The lowest BCUT2D eigenvalue weighted by molar-refractivity contribution is 0.407. The van der Waals surface area contributed by atoms with Gasteiger partial charge in [-0.1, -0.05) is 6.07 Å². The molecule has 0 fully saturated rings. The molecular formula is C16H19F2N3. The second-order valence-electron chi connectivity index (χ2n) is 5.62. The lowest BCUT2D eigenvalue weighted by Gasteiger charge is -2.25. The van der Waals surface area contributed by atoms with E-state index in [1.54, 1.807) is 6.07 Å². The van der Waals surface area contributed by atoms with Gasteiger partial charge in [-0.15, -0.1) is 0 Å². The Bertz CT molecular complexity index is 624. The van der Waals surface area contributed by atoms with Crippen LogP contribution >= 0.6 is 0 Å². The first-order chi connectivity index (χ1) is 10.1. The summed E-state index contributed by atoms with van der Waals surface area (Å²) in [4.78, 5) is 4.43. The minimum Gasteiger partial charge on any atom is -0.335 e. The van der Waals surface area contributed by atoms with Crippen molar-refractivity contribution >= 4 is 0 Å². The average molecular weight is 291 g/mol. The van der Waals surface area contributed by atoms with E-state index in [0.717, 1.165) is 37.3 Å². The molecular weight excluding hydrogens is 272 g/mol. The highest BCUT2D eigenvalue weighted by Crippen LogP contribution is 2.26. The minimum absolute atomic E-state index is 0.0227. The molecule has 0 saturated heterocycles. The van der Waals surface area contributed by atoms with Crippen molar-refractivity contribution in [2.45, 2.75) is 38.3 Å². The minimum atomic E-state index is -0.805. The molecule has 1 aliphatic heterocycles. The van der Waals surface area contributed by atoms with E-state index in [9.17, 15) is 8.78 Å². The molecule has 2 aromatic rings. The zero-order valence-corrected chi connectivity index (χ0v) is 12.0. The number of hydrogen-bond donors (Lipinski definition) is 1. The third-order valence-electron chi connectivity index (χ3n) is 4.18. The maximum Gasteiger partial charge on any atom is 0.159 e. The second kappa shape index (κ2) is 5.93. The van der Waals surface area contributed by atoms with Crippen molar-refractivity contribution < 1.29 is 8.78 Å². The molecule has 3 nitrogen and oxygen atoms in total. The van der Waals surface area contributed by atoms with E-state index >= 15 is 0 Å². The molecule has 1 aromatic heterocycles. The zero-order valence-electron chi connectivity index (χ0n) is 12.0. The summed E-state index contributed by atoms with van der Waals surface area (Å²) in [6.07, 6.45) is 6.11. The number of rotatable bonds is 4. The van der Waals surface area contributed by atoms with Crippen molar-refractivity contribution in [2.24, 2.45) is 0 Å². The van der Waals surface area contributed by atoms with Crippen LogP contribution in [0.15, 0.2) is 30.6 Å². The molecule has 3 rings (SSSR count). The van der Waals surface area contributed by atoms with Crippen LogP contribution in [0.5, 0.6) is 0 Å². The number of nitrogens with one attached hydrogen (secondary N) is 1. The van der Waals surface area contributed by atoms with E-state index in [1.165, 1.54) is 12.1 Å². The fraction of sp³-hybridized carbons (Fsp3) is 0.438. The van der Waals surface area contributed by atoms with Crippen molar-refractivity contribution in [1.82, 2.24) is 14.9 Å². The summed E-state index contributed by atoms with van der Waals surface area (Å²) in [5.74, 6) is -0.109. The largest absolute Gasteiger partial charge is 0.335 e. The molecule has 2 heterocycles. The molecule has 1 N–H and O–H groups in total. The molecule has 112 valence electrons. The Kier molecular flexibility index (Phi) is 4.01.